The summed E-state index contributed by atoms with van der Waals surface area (Å²) in [5, 5.41) is 15.8. The fourth-order valence-electron chi connectivity index (χ4n) is 0. The zero-order valence-corrected chi connectivity index (χ0v) is 10.0. The van der Waals surface area contributed by atoms with Crippen LogP contribution in [0.2, 0.25) is 0 Å². The Labute approximate surface area is 89.3 Å². The van der Waals surface area contributed by atoms with Crippen LogP contribution in [0.1, 0.15) is 34.1 Å². The van der Waals surface area contributed by atoms with Crippen LogP contribution in [0, 0.1) is 0 Å². The van der Waals surface area contributed by atoms with Crippen molar-refractivity contribution in [2.24, 2.45) is 0 Å². The molecule has 0 atom stereocenters. The van der Waals surface area contributed by atoms with Gasteiger partial charge in [-0.2, -0.15) is 0 Å². The maximum atomic E-state index is 7.92. The normalized spacial score (nSPS) is 6.21. The van der Waals surface area contributed by atoms with E-state index in [9.17, 15) is 0 Å². The maximum Gasteiger partial charge on any atom is 0.151 e. The monoisotopic (exact) mass is 202 g/mol. The molecule has 0 saturated heterocycles. The summed E-state index contributed by atoms with van der Waals surface area (Å²) in [7, 11) is 0. The Morgan fingerprint density at radius 3 is 1.00 bits per heavy atom. The number of hydrogen-bond acceptors (Lipinski definition) is 2. The van der Waals surface area contributed by atoms with E-state index in [4.69, 9.17) is 10.2 Å². The number of rotatable bonds is 1. The predicted molar refractivity (Wildman–Crippen MR) is 66.1 cm³/mol. The number of aliphatic hydroxyl groups is 2. The van der Waals surface area contributed by atoms with E-state index < -0.39 is 6.29 Å². The van der Waals surface area contributed by atoms with Gasteiger partial charge < -0.3 is 10.2 Å². The summed E-state index contributed by atoms with van der Waals surface area (Å²) >= 11 is 0. The van der Waals surface area contributed by atoms with Gasteiger partial charge in [-0.25, -0.2) is 0 Å². The molecule has 2 nitrogen and oxygen atoms in total. The predicted octanol–water partition coefficient (Wildman–Crippen LogP) is 3.28. The molecule has 0 amide bonds. The zero-order chi connectivity index (χ0) is 12.4. The van der Waals surface area contributed by atoms with Crippen LogP contribution in [0.15, 0.2) is 38.0 Å². The van der Waals surface area contributed by atoms with Gasteiger partial charge in [0.2, 0.25) is 0 Å². The minimum Gasteiger partial charge on any atom is -0.368 e. The minimum atomic E-state index is -1.12. The maximum absolute atomic E-state index is 7.92. The van der Waals surface area contributed by atoms with Crippen LogP contribution in [-0.2, 0) is 0 Å². The second-order valence-corrected chi connectivity index (χ2v) is 2.11. The third kappa shape index (κ3) is 881. The first-order chi connectivity index (χ1) is 6.51. The Balaban J connectivity index is -0.0000000495. The van der Waals surface area contributed by atoms with Gasteiger partial charge >= 0.3 is 0 Å². The molecule has 0 aromatic carbocycles. The summed E-state index contributed by atoms with van der Waals surface area (Å²) in [6.45, 7) is 17.4. The lowest BCUT2D eigenvalue weighted by atomic mass is 10.5. The highest BCUT2D eigenvalue weighted by Crippen LogP contribution is 1.77. The Hall–Kier alpha value is -0.860. The van der Waals surface area contributed by atoms with Gasteiger partial charge in [0, 0.05) is 0 Å². The Morgan fingerprint density at radius 1 is 0.929 bits per heavy atom. The standard InChI is InChI=1S/C3H8O2.3C3H6/c1-2-3(4)5;3*1-3-2/h3-5H,2H2,1H3;3*3H,1H2,2H3. The third-order valence-electron chi connectivity index (χ3n) is 0.365. The lowest BCUT2D eigenvalue weighted by molar-refractivity contribution is -0.0413. The molecule has 86 valence electrons. The van der Waals surface area contributed by atoms with E-state index in [0.29, 0.717) is 6.42 Å². The van der Waals surface area contributed by atoms with Crippen LogP contribution < -0.4 is 0 Å². The average molecular weight is 202 g/mol. The largest absolute Gasteiger partial charge is 0.368 e. The molecule has 0 aliphatic heterocycles. The van der Waals surface area contributed by atoms with Crippen LogP contribution in [0.5, 0.6) is 0 Å². The van der Waals surface area contributed by atoms with Gasteiger partial charge in [-0.1, -0.05) is 25.2 Å². The molecule has 0 spiro atoms. The van der Waals surface area contributed by atoms with E-state index in [1.807, 2.05) is 20.8 Å². The van der Waals surface area contributed by atoms with E-state index >= 15 is 0 Å². The Bertz CT molecular complexity index is 82.2. The van der Waals surface area contributed by atoms with E-state index in [1.54, 1.807) is 25.2 Å². The van der Waals surface area contributed by atoms with Gasteiger partial charge in [0.05, 0.1) is 0 Å². The molecule has 0 aliphatic carbocycles. The van der Waals surface area contributed by atoms with Gasteiger partial charge in [0.15, 0.2) is 6.29 Å². The Kier molecular flexibility index (Phi) is 66.2. The molecule has 2 heteroatoms. The molecule has 0 aromatic rings. The smallest absolute Gasteiger partial charge is 0.151 e. The lowest BCUT2D eigenvalue weighted by Crippen LogP contribution is -1.99. The van der Waals surface area contributed by atoms with Crippen LogP contribution in [-0.4, -0.2) is 16.5 Å². The summed E-state index contributed by atoms with van der Waals surface area (Å²) in [6.07, 6.45) is 4.55. The van der Waals surface area contributed by atoms with Crippen LogP contribution >= 0.6 is 0 Å². The summed E-state index contributed by atoms with van der Waals surface area (Å²) in [6, 6.07) is 0. The highest BCUT2D eigenvalue weighted by atomic mass is 16.5. The molecule has 14 heavy (non-hydrogen) atoms. The fourth-order valence-corrected chi connectivity index (χ4v) is 0. The van der Waals surface area contributed by atoms with Crippen molar-refractivity contribution in [1.82, 2.24) is 0 Å². The van der Waals surface area contributed by atoms with Crippen molar-refractivity contribution in [3.05, 3.63) is 38.0 Å². The van der Waals surface area contributed by atoms with E-state index in [-0.39, 0.29) is 0 Å². The van der Waals surface area contributed by atoms with Crippen LogP contribution in [0.25, 0.3) is 0 Å². The average Bonchev–Trinajstić information content (AvgIpc) is 2.08. The molecule has 0 aliphatic rings. The molecule has 0 heterocycles. The minimum absolute atomic E-state index is 0.417. The van der Waals surface area contributed by atoms with Gasteiger partial charge in [0.1, 0.15) is 0 Å². The molecule has 2 N–H and O–H groups in total. The highest BCUT2D eigenvalue weighted by Gasteiger charge is 1.83. The van der Waals surface area contributed by atoms with Gasteiger partial charge in [-0.3, -0.25) is 0 Å². The van der Waals surface area contributed by atoms with Gasteiger partial charge in [-0.15, -0.1) is 19.7 Å². The summed E-state index contributed by atoms with van der Waals surface area (Å²) in [5.41, 5.74) is 0. The first kappa shape index (κ1) is 23.2. The van der Waals surface area contributed by atoms with Crippen molar-refractivity contribution in [3.8, 4) is 0 Å². The first-order valence-corrected chi connectivity index (χ1v) is 4.59. The molecular formula is C12H26O2. The number of hydrogen-bond donors (Lipinski definition) is 2. The Morgan fingerprint density at radius 2 is 1.00 bits per heavy atom. The van der Waals surface area contributed by atoms with Gasteiger partial charge in [0.25, 0.3) is 0 Å². The van der Waals surface area contributed by atoms with Crippen molar-refractivity contribution >= 4 is 0 Å². The van der Waals surface area contributed by atoms with Crippen molar-refractivity contribution in [3.63, 3.8) is 0 Å². The topological polar surface area (TPSA) is 40.5 Å². The molecule has 0 saturated carbocycles. The van der Waals surface area contributed by atoms with Crippen molar-refractivity contribution < 1.29 is 10.2 Å². The molecule has 0 unspecified atom stereocenters. The zero-order valence-electron chi connectivity index (χ0n) is 10.0. The highest BCUT2D eigenvalue weighted by molar-refractivity contribution is 4.52. The van der Waals surface area contributed by atoms with E-state index in [0.717, 1.165) is 0 Å². The second kappa shape index (κ2) is 40.0. The second-order valence-electron chi connectivity index (χ2n) is 2.11. The third-order valence-corrected chi connectivity index (χ3v) is 0.365. The summed E-state index contributed by atoms with van der Waals surface area (Å²) in [5.74, 6) is 0. The fraction of sp³-hybridized carbons (Fsp3) is 0.500. The van der Waals surface area contributed by atoms with Gasteiger partial charge in [-0.05, 0) is 27.2 Å². The SMILES string of the molecule is C=CC.C=CC.C=CC.CCC(O)O. The molecule has 0 bridgehead atoms. The van der Waals surface area contributed by atoms with E-state index in [1.165, 1.54) is 0 Å². The number of aliphatic hydroxyl groups excluding tert-OH is 1. The molecule has 0 rings (SSSR count). The van der Waals surface area contributed by atoms with Crippen molar-refractivity contribution in [2.75, 3.05) is 0 Å². The summed E-state index contributed by atoms with van der Waals surface area (Å²) in [4.78, 5) is 0. The quantitative estimate of drug-likeness (QED) is 0.506. The lowest BCUT2D eigenvalue weighted by Gasteiger charge is -1.90. The number of allylic oxidation sites excluding steroid dienone is 3. The summed E-state index contributed by atoms with van der Waals surface area (Å²) < 4.78 is 0. The molecule has 0 fully saturated rings. The molecule has 0 aromatic heterocycles. The molecule has 0 radical (unpaired) electrons. The van der Waals surface area contributed by atoms with Crippen molar-refractivity contribution in [2.45, 2.75) is 40.4 Å². The van der Waals surface area contributed by atoms with Crippen LogP contribution in [0.4, 0.5) is 0 Å². The van der Waals surface area contributed by atoms with Crippen LogP contribution in [0.3, 0.4) is 0 Å². The van der Waals surface area contributed by atoms with E-state index in [2.05, 4.69) is 19.7 Å². The molecular weight excluding hydrogens is 176 g/mol. The van der Waals surface area contributed by atoms with Crippen molar-refractivity contribution in [1.29, 1.82) is 0 Å². The first-order valence-electron chi connectivity index (χ1n) is 4.59.